The summed E-state index contributed by atoms with van der Waals surface area (Å²) in [6.45, 7) is 1.96. The first-order chi connectivity index (χ1) is 29.8. The van der Waals surface area contributed by atoms with Crippen LogP contribution in [0.4, 0.5) is 0 Å². The average Bonchev–Trinajstić information content (AvgIpc) is 3.25. The molecule has 0 aliphatic carbocycles. The van der Waals surface area contributed by atoms with Gasteiger partial charge in [0.25, 0.3) is 0 Å². The molecule has 350 valence electrons. The number of ether oxygens (including phenoxy) is 2. The van der Waals surface area contributed by atoms with Gasteiger partial charge in [-0.15, -0.1) is 0 Å². The number of unbranched alkanes of at least 4 members (excludes halogenated alkanes) is 15. The molecular formula is C50H85O10P. The number of carbonyl (C=O) groups excluding carboxylic acids is 2. The number of hydrogen-bond acceptors (Lipinski definition) is 9. The van der Waals surface area contributed by atoms with Gasteiger partial charge in [-0.2, -0.15) is 0 Å². The van der Waals surface area contributed by atoms with Gasteiger partial charge in [0.2, 0.25) is 0 Å². The molecule has 3 N–H and O–H groups in total. The Bertz CT molecular complexity index is 1280. The van der Waals surface area contributed by atoms with Crippen molar-refractivity contribution in [3.05, 3.63) is 85.1 Å². The van der Waals surface area contributed by atoms with Crippen molar-refractivity contribution in [2.24, 2.45) is 0 Å². The zero-order valence-corrected chi connectivity index (χ0v) is 39.0. The highest BCUT2D eigenvalue weighted by Gasteiger charge is 2.27. The highest BCUT2D eigenvalue weighted by molar-refractivity contribution is 7.47. The van der Waals surface area contributed by atoms with E-state index < -0.39 is 58.4 Å². The molecule has 0 amide bonds. The number of phosphoric ester groups is 1. The summed E-state index contributed by atoms with van der Waals surface area (Å²) in [4.78, 5) is 34.6. The first kappa shape index (κ1) is 58.1. The van der Waals surface area contributed by atoms with E-state index in [4.69, 9.17) is 18.5 Å². The van der Waals surface area contributed by atoms with Gasteiger partial charge in [-0.3, -0.25) is 18.6 Å². The largest absolute Gasteiger partial charge is 0.472 e. The van der Waals surface area contributed by atoms with E-state index in [-0.39, 0.29) is 12.8 Å². The van der Waals surface area contributed by atoms with E-state index in [1.54, 1.807) is 0 Å². The summed E-state index contributed by atoms with van der Waals surface area (Å²) < 4.78 is 32.6. The van der Waals surface area contributed by atoms with Crippen LogP contribution in [0.5, 0.6) is 0 Å². The van der Waals surface area contributed by atoms with Crippen molar-refractivity contribution in [3.8, 4) is 0 Å². The van der Waals surface area contributed by atoms with E-state index in [1.807, 2.05) is 0 Å². The third-order valence-corrected chi connectivity index (χ3v) is 10.6. The van der Waals surface area contributed by atoms with Gasteiger partial charge in [0.1, 0.15) is 12.2 Å². The lowest BCUT2D eigenvalue weighted by Gasteiger charge is -2.20. The summed E-state index contributed by atoms with van der Waals surface area (Å²) >= 11 is 0. The minimum Gasteiger partial charge on any atom is -0.457 e. The molecule has 0 spiro atoms. The van der Waals surface area contributed by atoms with Crippen molar-refractivity contribution in [1.82, 2.24) is 0 Å². The smallest absolute Gasteiger partial charge is 0.457 e. The lowest BCUT2D eigenvalue weighted by Crippen LogP contribution is -2.28. The Hall–Kier alpha value is -2.85. The molecule has 3 unspecified atom stereocenters. The molecule has 0 aliphatic heterocycles. The molecule has 11 heteroatoms. The zero-order valence-electron chi connectivity index (χ0n) is 38.1. The Kier molecular flexibility index (Phi) is 43.1. The maximum Gasteiger partial charge on any atom is 0.472 e. The van der Waals surface area contributed by atoms with Crippen LogP contribution in [0.3, 0.4) is 0 Å². The molecule has 0 aromatic heterocycles. The highest BCUT2D eigenvalue weighted by atomic mass is 31.2. The predicted octanol–water partition coefficient (Wildman–Crippen LogP) is 13.0. The fourth-order valence-corrected chi connectivity index (χ4v) is 6.85. The Morgan fingerprint density at radius 1 is 0.443 bits per heavy atom. The van der Waals surface area contributed by atoms with Crippen LogP contribution in [-0.4, -0.2) is 65.7 Å². The molecule has 0 radical (unpaired) electrons. The second kappa shape index (κ2) is 45.2. The molecule has 0 aromatic carbocycles. The predicted molar refractivity (Wildman–Crippen MR) is 251 cm³/mol. The number of esters is 2. The van der Waals surface area contributed by atoms with Gasteiger partial charge in [-0.1, -0.05) is 170 Å². The van der Waals surface area contributed by atoms with Crippen LogP contribution in [0.1, 0.15) is 181 Å². The molecule has 0 saturated heterocycles. The molecular weight excluding hydrogens is 792 g/mol. The van der Waals surface area contributed by atoms with Gasteiger partial charge in [0.05, 0.1) is 26.4 Å². The minimum absolute atomic E-state index is 0.176. The summed E-state index contributed by atoms with van der Waals surface area (Å²) in [5.41, 5.74) is 0. The molecule has 0 aliphatic rings. The van der Waals surface area contributed by atoms with Crippen molar-refractivity contribution in [1.29, 1.82) is 0 Å². The fourth-order valence-electron chi connectivity index (χ4n) is 6.06. The maximum atomic E-state index is 12.4. The van der Waals surface area contributed by atoms with Crippen molar-refractivity contribution in [2.75, 3.05) is 26.4 Å². The van der Waals surface area contributed by atoms with Crippen LogP contribution in [0, 0.1) is 0 Å². The number of phosphoric acid groups is 1. The van der Waals surface area contributed by atoms with Crippen LogP contribution in [0.2, 0.25) is 0 Å². The lowest BCUT2D eigenvalue weighted by molar-refractivity contribution is -0.153. The van der Waals surface area contributed by atoms with Crippen molar-refractivity contribution >= 4 is 19.8 Å². The Balaban J connectivity index is 3.92. The number of allylic oxidation sites excluding steroid dienone is 14. The normalized spacial score (nSPS) is 14.5. The molecule has 0 fully saturated rings. The summed E-state index contributed by atoms with van der Waals surface area (Å²) in [6.07, 6.45) is 54.0. The molecule has 0 aromatic rings. The minimum atomic E-state index is -4.65. The number of rotatable bonds is 43. The number of aliphatic hydroxyl groups is 2. The van der Waals surface area contributed by atoms with E-state index >= 15 is 0 Å². The number of aliphatic hydroxyl groups excluding tert-OH is 2. The van der Waals surface area contributed by atoms with Gasteiger partial charge in [0.15, 0.2) is 0 Å². The lowest BCUT2D eigenvalue weighted by atomic mass is 10.1. The van der Waals surface area contributed by atoms with Crippen molar-refractivity contribution in [2.45, 2.75) is 193 Å². The van der Waals surface area contributed by atoms with Gasteiger partial charge < -0.3 is 24.6 Å². The standard InChI is InChI=1S/C50H85O10P/c1-3-5-7-9-11-13-15-17-19-21-22-23-24-26-28-30-32-34-36-38-40-42-50(54)60-48(44-52)46-58-61(55,56)57-45-47(43-51)59-49(53)41-39-37-35-33-31-29-27-25-20-18-16-14-12-10-8-6-4-2/h5-8,11-14,17-20,22-23,47-48,51-52H,3-4,9-10,15-16,21,24-46H2,1-2H3,(H,55,56)/b7-5-,8-6-,13-11-,14-12-,19-17-,20-18-,23-22-. The molecule has 3 atom stereocenters. The summed E-state index contributed by atoms with van der Waals surface area (Å²) in [5, 5.41) is 19.2. The van der Waals surface area contributed by atoms with Gasteiger partial charge in [0, 0.05) is 12.8 Å². The van der Waals surface area contributed by atoms with E-state index in [0.717, 1.165) is 103 Å². The summed E-state index contributed by atoms with van der Waals surface area (Å²) in [7, 11) is -4.65. The summed E-state index contributed by atoms with van der Waals surface area (Å²) in [5.74, 6) is -1.04. The number of hydrogen-bond donors (Lipinski definition) is 3. The monoisotopic (exact) mass is 877 g/mol. The first-order valence-corrected chi connectivity index (χ1v) is 25.0. The van der Waals surface area contributed by atoms with Crippen LogP contribution in [-0.2, 0) is 32.7 Å². The van der Waals surface area contributed by atoms with Crippen molar-refractivity contribution in [3.63, 3.8) is 0 Å². The highest BCUT2D eigenvalue weighted by Crippen LogP contribution is 2.43. The van der Waals surface area contributed by atoms with Gasteiger partial charge >= 0.3 is 19.8 Å². The second-order valence-corrected chi connectivity index (χ2v) is 16.8. The second-order valence-electron chi connectivity index (χ2n) is 15.3. The zero-order chi connectivity index (χ0) is 44.8. The quantitative estimate of drug-likeness (QED) is 0.0234. The SMILES string of the molecule is CC/C=C\C/C=C\C/C=C\C/C=C\CCCCCCCCCCC(=O)OC(CO)COP(=O)(O)OCC(CO)OC(=O)CCCCCCCCC/C=C\C/C=C\C/C=C\CC. The average molecular weight is 877 g/mol. The van der Waals surface area contributed by atoms with Crippen LogP contribution in [0.25, 0.3) is 0 Å². The van der Waals surface area contributed by atoms with E-state index in [0.29, 0.717) is 12.8 Å². The molecule has 0 rings (SSSR count). The summed E-state index contributed by atoms with van der Waals surface area (Å²) in [6, 6.07) is 0. The third kappa shape index (κ3) is 43.6. The Morgan fingerprint density at radius 2 is 0.721 bits per heavy atom. The fraction of sp³-hybridized carbons (Fsp3) is 0.680. The Morgan fingerprint density at radius 3 is 1.03 bits per heavy atom. The third-order valence-electron chi connectivity index (χ3n) is 9.60. The van der Waals surface area contributed by atoms with Crippen LogP contribution in [0.15, 0.2) is 85.1 Å². The van der Waals surface area contributed by atoms with Gasteiger partial charge in [-0.25, -0.2) is 4.57 Å². The van der Waals surface area contributed by atoms with Crippen LogP contribution < -0.4 is 0 Å². The van der Waals surface area contributed by atoms with E-state index in [2.05, 4.69) is 98.9 Å². The van der Waals surface area contributed by atoms with E-state index in [1.165, 1.54) is 38.5 Å². The maximum absolute atomic E-state index is 12.4. The molecule has 61 heavy (non-hydrogen) atoms. The molecule has 10 nitrogen and oxygen atoms in total. The first-order valence-electron chi connectivity index (χ1n) is 23.5. The Labute approximate surface area is 371 Å². The van der Waals surface area contributed by atoms with E-state index in [9.17, 15) is 29.3 Å². The molecule has 0 saturated carbocycles. The molecule has 0 bridgehead atoms. The van der Waals surface area contributed by atoms with Crippen LogP contribution >= 0.6 is 7.82 Å². The topological polar surface area (TPSA) is 149 Å². The van der Waals surface area contributed by atoms with Gasteiger partial charge in [-0.05, 0) is 83.5 Å². The molecule has 0 heterocycles. The van der Waals surface area contributed by atoms with Crippen molar-refractivity contribution < 1.29 is 47.8 Å². The number of carbonyl (C=O) groups is 2.